The van der Waals surface area contributed by atoms with Crippen LogP contribution >= 0.6 is 0 Å². The predicted octanol–water partition coefficient (Wildman–Crippen LogP) is 6.57. The van der Waals surface area contributed by atoms with E-state index in [2.05, 4.69) is 34.6 Å². The lowest BCUT2D eigenvalue weighted by molar-refractivity contribution is -0.174. The summed E-state index contributed by atoms with van der Waals surface area (Å²) >= 11 is 0. The predicted molar refractivity (Wildman–Crippen MR) is 119 cm³/mol. The van der Waals surface area contributed by atoms with Gasteiger partial charge in [-0.3, -0.25) is 4.79 Å². The van der Waals surface area contributed by atoms with Gasteiger partial charge in [-0.25, -0.2) is 0 Å². The van der Waals surface area contributed by atoms with Crippen LogP contribution in [0.25, 0.3) is 0 Å². The summed E-state index contributed by atoms with van der Waals surface area (Å²) in [5, 5.41) is 11.5. The summed E-state index contributed by atoms with van der Waals surface area (Å²) in [4.78, 5) is 12.3. The van der Waals surface area contributed by atoms with Crippen LogP contribution in [0.3, 0.4) is 0 Å². The molecule has 1 N–H and O–H groups in total. The van der Waals surface area contributed by atoms with E-state index < -0.39 is 5.60 Å². The molecular formula is C27H44O2. The van der Waals surface area contributed by atoms with Gasteiger partial charge >= 0.3 is 0 Å². The van der Waals surface area contributed by atoms with Gasteiger partial charge in [-0.2, -0.15) is 0 Å². The van der Waals surface area contributed by atoms with E-state index in [-0.39, 0.29) is 11.2 Å². The zero-order valence-electron chi connectivity index (χ0n) is 19.5. The fourth-order valence-corrected chi connectivity index (χ4v) is 8.71. The molecular weight excluding hydrogens is 356 g/mol. The van der Waals surface area contributed by atoms with Crippen molar-refractivity contribution in [1.29, 1.82) is 0 Å². The Morgan fingerprint density at radius 3 is 2.52 bits per heavy atom. The van der Waals surface area contributed by atoms with E-state index in [9.17, 15) is 9.90 Å². The molecule has 0 aromatic heterocycles. The molecule has 0 amide bonds. The van der Waals surface area contributed by atoms with Crippen molar-refractivity contribution in [2.45, 2.75) is 104 Å². The first-order valence-electron chi connectivity index (χ1n) is 12.6. The number of hydrogen-bond donors (Lipinski definition) is 1. The molecule has 2 nitrogen and oxygen atoms in total. The smallest absolute Gasteiger partial charge is 0.156 e. The van der Waals surface area contributed by atoms with Gasteiger partial charge in [-0.1, -0.05) is 53.9 Å². The minimum Gasteiger partial charge on any atom is -0.385 e. The summed E-state index contributed by atoms with van der Waals surface area (Å²) in [6, 6.07) is 0. The standard InChI is InChI=1S/C27H44O2/c1-18(2)7-6-8-19(3)22-9-10-23-21-12-16-27(29)15-11-20(28)17-26(27,5)24(21)13-14-25(22,23)4/h11,15,18-19,21-24,29H,6-10,12-14,16-17H2,1-5H3/t19-,21+,22-,23+,24+,25-,26-,27+/m1/s1. The van der Waals surface area contributed by atoms with E-state index >= 15 is 0 Å². The van der Waals surface area contributed by atoms with E-state index in [0.29, 0.717) is 23.7 Å². The Balaban J connectivity index is 1.52. The van der Waals surface area contributed by atoms with Crippen molar-refractivity contribution in [2.75, 3.05) is 0 Å². The van der Waals surface area contributed by atoms with Gasteiger partial charge in [-0.05, 0) is 91.6 Å². The maximum absolute atomic E-state index is 12.3. The molecule has 4 rings (SSSR count). The Hall–Kier alpha value is -0.630. The molecule has 0 unspecified atom stereocenters. The lowest BCUT2D eigenvalue weighted by Crippen LogP contribution is -2.61. The number of fused-ring (bicyclic) bond motifs is 5. The molecule has 4 aliphatic rings. The van der Waals surface area contributed by atoms with Crippen molar-refractivity contribution >= 4 is 5.78 Å². The second-order valence-corrected chi connectivity index (χ2v) is 12.3. The van der Waals surface area contributed by atoms with Crippen LogP contribution < -0.4 is 0 Å². The van der Waals surface area contributed by atoms with Gasteiger partial charge in [0.05, 0.1) is 5.60 Å². The molecule has 0 heterocycles. The topological polar surface area (TPSA) is 37.3 Å². The highest BCUT2D eigenvalue weighted by molar-refractivity contribution is 5.91. The molecule has 0 spiro atoms. The van der Waals surface area contributed by atoms with Crippen molar-refractivity contribution < 1.29 is 9.90 Å². The molecule has 8 atom stereocenters. The summed E-state index contributed by atoms with van der Waals surface area (Å²) in [6.45, 7) is 12.1. The van der Waals surface area contributed by atoms with Crippen LogP contribution in [-0.2, 0) is 4.79 Å². The van der Waals surface area contributed by atoms with Crippen LogP contribution in [0.4, 0.5) is 0 Å². The van der Waals surface area contributed by atoms with Crippen molar-refractivity contribution in [3.8, 4) is 0 Å². The average molecular weight is 401 g/mol. The molecule has 0 bridgehead atoms. The maximum atomic E-state index is 12.3. The van der Waals surface area contributed by atoms with Gasteiger partial charge in [0.25, 0.3) is 0 Å². The van der Waals surface area contributed by atoms with E-state index in [1.54, 1.807) is 6.08 Å². The fraction of sp³-hybridized carbons (Fsp3) is 0.889. The number of ketones is 1. The molecule has 0 aromatic rings. The minimum absolute atomic E-state index is 0.217. The van der Waals surface area contributed by atoms with E-state index in [1.165, 1.54) is 44.9 Å². The van der Waals surface area contributed by atoms with E-state index in [4.69, 9.17) is 0 Å². The van der Waals surface area contributed by atoms with Gasteiger partial charge in [0.2, 0.25) is 0 Å². The number of rotatable bonds is 5. The van der Waals surface area contributed by atoms with E-state index in [0.717, 1.165) is 36.5 Å². The third kappa shape index (κ3) is 3.36. The number of carbonyl (C=O) groups is 1. The average Bonchev–Trinajstić information content (AvgIpc) is 3.00. The van der Waals surface area contributed by atoms with Crippen LogP contribution in [0, 0.1) is 46.3 Å². The molecule has 0 aliphatic heterocycles. The van der Waals surface area contributed by atoms with Crippen LogP contribution in [-0.4, -0.2) is 16.5 Å². The highest BCUT2D eigenvalue weighted by Crippen LogP contribution is 2.68. The molecule has 2 heteroatoms. The first-order valence-corrected chi connectivity index (χ1v) is 12.6. The number of carbonyl (C=O) groups excluding carboxylic acids is 1. The van der Waals surface area contributed by atoms with Gasteiger partial charge in [-0.15, -0.1) is 0 Å². The Kier molecular flexibility index (Phi) is 5.59. The Morgan fingerprint density at radius 1 is 1.03 bits per heavy atom. The fourth-order valence-electron chi connectivity index (χ4n) is 8.71. The largest absolute Gasteiger partial charge is 0.385 e. The Morgan fingerprint density at radius 2 is 1.79 bits per heavy atom. The van der Waals surface area contributed by atoms with Crippen LogP contribution in [0.15, 0.2) is 12.2 Å². The third-order valence-corrected chi connectivity index (χ3v) is 10.4. The zero-order valence-corrected chi connectivity index (χ0v) is 19.5. The lowest BCUT2D eigenvalue weighted by Gasteiger charge is -2.62. The van der Waals surface area contributed by atoms with Crippen molar-refractivity contribution in [2.24, 2.45) is 46.3 Å². The minimum atomic E-state index is -0.766. The second kappa shape index (κ2) is 7.50. The van der Waals surface area contributed by atoms with Crippen molar-refractivity contribution in [3.05, 3.63) is 12.2 Å². The summed E-state index contributed by atoms with van der Waals surface area (Å²) in [7, 11) is 0. The molecule has 3 saturated carbocycles. The van der Waals surface area contributed by atoms with Crippen molar-refractivity contribution in [3.63, 3.8) is 0 Å². The second-order valence-electron chi connectivity index (χ2n) is 12.3. The third-order valence-electron chi connectivity index (χ3n) is 10.4. The van der Waals surface area contributed by atoms with E-state index in [1.807, 2.05) is 6.08 Å². The monoisotopic (exact) mass is 400 g/mol. The first kappa shape index (κ1) is 21.6. The Labute approximate surface area is 178 Å². The highest BCUT2D eigenvalue weighted by atomic mass is 16.3. The molecule has 3 fully saturated rings. The van der Waals surface area contributed by atoms with Gasteiger partial charge < -0.3 is 5.11 Å². The first-order chi connectivity index (χ1) is 13.6. The van der Waals surface area contributed by atoms with Crippen LogP contribution in [0.1, 0.15) is 98.8 Å². The van der Waals surface area contributed by atoms with Gasteiger partial charge in [0, 0.05) is 11.8 Å². The molecule has 4 aliphatic carbocycles. The quantitative estimate of drug-likeness (QED) is 0.567. The van der Waals surface area contributed by atoms with Crippen LogP contribution in [0.2, 0.25) is 0 Å². The summed E-state index contributed by atoms with van der Waals surface area (Å²) < 4.78 is 0. The summed E-state index contributed by atoms with van der Waals surface area (Å²) in [5.74, 6) is 4.72. The van der Waals surface area contributed by atoms with Gasteiger partial charge in [0.15, 0.2) is 5.78 Å². The molecule has 164 valence electrons. The molecule has 29 heavy (non-hydrogen) atoms. The Bertz CT molecular complexity index is 665. The molecule has 0 radical (unpaired) electrons. The number of hydrogen-bond acceptors (Lipinski definition) is 2. The highest BCUT2D eigenvalue weighted by Gasteiger charge is 2.64. The number of allylic oxidation sites excluding steroid dienone is 1. The molecule has 0 saturated heterocycles. The zero-order chi connectivity index (χ0) is 21.0. The summed E-state index contributed by atoms with van der Waals surface area (Å²) in [6.07, 6.45) is 15.4. The van der Waals surface area contributed by atoms with Crippen LogP contribution in [0.5, 0.6) is 0 Å². The van der Waals surface area contributed by atoms with Crippen molar-refractivity contribution in [1.82, 2.24) is 0 Å². The maximum Gasteiger partial charge on any atom is 0.156 e. The van der Waals surface area contributed by atoms with Gasteiger partial charge in [0.1, 0.15) is 0 Å². The molecule has 0 aromatic carbocycles. The summed E-state index contributed by atoms with van der Waals surface area (Å²) in [5.41, 5.74) is -0.555. The number of aliphatic hydroxyl groups is 1. The SMILES string of the molecule is CC(C)CCC[C@@H](C)[C@H]1CC[C@H]2[C@@H]3CC[C@@]4(O)C=CC(=O)C[C@]4(C)[C@H]3CC[C@]12C. The normalized spacial score (nSPS) is 47.6. The lowest BCUT2D eigenvalue weighted by atomic mass is 9.44.